The number of carbonyl (C=O) groups excluding carboxylic acids is 2. The van der Waals surface area contributed by atoms with Gasteiger partial charge in [-0.2, -0.15) is 13.2 Å². The number of hydrogen-bond donors (Lipinski definition) is 2. The third kappa shape index (κ3) is 5.58. The van der Waals surface area contributed by atoms with Crippen LogP contribution in [0.3, 0.4) is 0 Å². The van der Waals surface area contributed by atoms with Crippen LogP contribution in [-0.4, -0.2) is 25.2 Å². The van der Waals surface area contributed by atoms with Crippen molar-refractivity contribution in [3.8, 4) is 17.2 Å². The number of alkyl halides is 3. The normalized spacial score (nSPS) is 12.2. The van der Waals surface area contributed by atoms with Crippen LogP contribution in [0.4, 0.5) is 18.9 Å². The van der Waals surface area contributed by atoms with Gasteiger partial charge < -0.3 is 24.8 Å². The van der Waals surface area contributed by atoms with Crippen molar-refractivity contribution in [2.45, 2.75) is 12.7 Å². The van der Waals surface area contributed by atoms with Crippen LogP contribution in [0, 0.1) is 0 Å². The number of benzene rings is 3. The minimum atomic E-state index is -4.52. The van der Waals surface area contributed by atoms with Crippen molar-refractivity contribution in [2.24, 2.45) is 0 Å². The average Bonchev–Trinajstić information content (AvgIpc) is 3.29. The third-order valence-corrected chi connectivity index (χ3v) is 4.87. The molecule has 176 valence electrons. The second-order valence-corrected chi connectivity index (χ2v) is 7.28. The smallest absolute Gasteiger partial charge is 0.416 e. The molecule has 34 heavy (non-hydrogen) atoms. The van der Waals surface area contributed by atoms with Crippen LogP contribution in [0.25, 0.3) is 0 Å². The van der Waals surface area contributed by atoms with Crippen LogP contribution in [0.2, 0.25) is 0 Å². The minimum absolute atomic E-state index is 0.0975. The third-order valence-electron chi connectivity index (χ3n) is 4.87. The molecule has 0 spiro atoms. The number of nitrogens with one attached hydrogen (secondary N) is 2. The van der Waals surface area contributed by atoms with E-state index in [-0.39, 0.29) is 30.3 Å². The molecule has 1 aliphatic heterocycles. The lowest BCUT2D eigenvalue weighted by atomic mass is 10.1. The molecule has 10 heteroatoms. The number of amides is 2. The summed E-state index contributed by atoms with van der Waals surface area (Å²) >= 11 is 0. The van der Waals surface area contributed by atoms with Crippen molar-refractivity contribution in [2.75, 3.05) is 18.7 Å². The van der Waals surface area contributed by atoms with Crippen molar-refractivity contribution < 1.29 is 37.0 Å². The maximum Gasteiger partial charge on any atom is 0.416 e. The number of rotatable bonds is 7. The zero-order valence-electron chi connectivity index (χ0n) is 17.6. The zero-order chi connectivity index (χ0) is 24.1. The summed E-state index contributed by atoms with van der Waals surface area (Å²) in [4.78, 5) is 25.0. The first-order valence-electron chi connectivity index (χ1n) is 10.2. The standard InChI is InChI=1S/C24H19F3N2O5/c25-24(26,27)16-4-3-5-17(11-16)32-13-22(30)29-19-7-2-1-6-18(19)23(31)28-12-15-8-9-20-21(10-15)34-14-33-20/h1-11H,12-14H2,(H,28,31)(H,29,30). The molecule has 0 saturated carbocycles. The van der Waals surface area contributed by atoms with E-state index in [9.17, 15) is 22.8 Å². The maximum absolute atomic E-state index is 12.8. The fraction of sp³-hybridized carbons (Fsp3) is 0.167. The van der Waals surface area contributed by atoms with Gasteiger partial charge in [-0.25, -0.2) is 0 Å². The second kappa shape index (κ2) is 9.74. The SMILES string of the molecule is O=C(COc1cccc(C(F)(F)F)c1)Nc1ccccc1C(=O)NCc1ccc2c(c1)OCO2. The van der Waals surface area contributed by atoms with E-state index in [2.05, 4.69) is 10.6 Å². The molecule has 0 radical (unpaired) electrons. The van der Waals surface area contributed by atoms with E-state index in [4.69, 9.17) is 14.2 Å². The van der Waals surface area contributed by atoms with Gasteiger partial charge in [-0.3, -0.25) is 9.59 Å². The predicted molar refractivity (Wildman–Crippen MR) is 116 cm³/mol. The molecule has 0 unspecified atom stereocenters. The number of halogens is 3. The van der Waals surface area contributed by atoms with Gasteiger partial charge in [-0.1, -0.05) is 24.3 Å². The Bertz CT molecular complexity index is 1210. The van der Waals surface area contributed by atoms with Gasteiger partial charge in [0.2, 0.25) is 6.79 Å². The highest BCUT2D eigenvalue weighted by atomic mass is 19.4. The molecule has 1 heterocycles. The van der Waals surface area contributed by atoms with E-state index in [1.807, 2.05) is 0 Å². The van der Waals surface area contributed by atoms with E-state index in [1.165, 1.54) is 24.3 Å². The first-order valence-corrected chi connectivity index (χ1v) is 10.2. The van der Waals surface area contributed by atoms with E-state index in [1.54, 1.807) is 30.3 Å². The van der Waals surface area contributed by atoms with Gasteiger partial charge in [0.05, 0.1) is 16.8 Å². The maximum atomic E-state index is 12.8. The fourth-order valence-electron chi connectivity index (χ4n) is 3.22. The van der Waals surface area contributed by atoms with Gasteiger partial charge in [0.25, 0.3) is 11.8 Å². The topological polar surface area (TPSA) is 85.9 Å². The number of para-hydroxylation sites is 1. The summed E-state index contributed by atoms with van der Waals surface area (Å²) < 4.78 is 54.2. The molecule has 0 bridgehead atoms. The molecule has 4 rings (SSSR count). The Morgan fingerprint density at radius 3 is 2.56 bits per heavy atom. The second-order valence-electron chi connectivity index (χ2n) is 7.28. The first-order chi connectivity index (χ1) is 16.3. The zero-order valence-corrected chi connectivity index (χ0v) is 17.6. The van der Waals surface area contributed by atoms with E-state index in [0.29, 0.717) is 11.5 Å². The number of ether oxygens (including phenoxy) is 3. The van der Waals surface area contributed by atoms with E-state index in [0.717, 1.165) is 17.7 Å². The van der Waals surface area contributed by atoms with Crippen molar-refractivity contribution in [3.63, 3.8) is 0 Å². The Balaban J connectivity index is 1.35. The van der Waals surface area contributed by atoms with Gasteiger partial charge in [0.1, 0.15) is 5.75 Å². The average molecular weight is 472 g/mol. The summed E-state index contributed by atoms with van der Waals surface area (Å²) in [6.45, 7) is -0.166. The van der Waals surface area contributed by atoms with Gasteiger partial charge in [0.15, 0.2) is 18.1 Å². The van der Waals surface area contributed by atoms with Crippen LogP contribution in [0.5, 0.6) is 17.2 Å². The molecule has 2 amide bonds. The van der Waals surface area contributed by atoms with Gasteiger partial charge in [-0.05, 0) is 48.0 Å². The lowest BCUT2D eigenvalue weighted by Crippen LogP contribution is -2.26. The first kappa shape index (κ1) is 23.0. The van der Waals surface area contributed by atoms with Crippen LogP contribution in [0.15, 0.2) is 66.7 Å². The molecule has 1 aliphatic rings. The highest BCUT2D eigenvalue weighted by Crippen LogP contribution is 2.33. The van der Waals surface area contributed by atoms with Crippen LogP contribution >= 0.6 is 0 Å². The Labute approximate surface area is 192 Å². The summed E-state index contributed by atoms with van der Waals surface area (Å²) in [5.41, 5.74) is 0.377. The molecular formula is C24H19F3N2O5. The Morgan fingerprint density at radius 1 is 0.941 bits per heavy atom. The quantitative estimate of drug-likeness (QED) is 0.533. The number of fused-ring (bicyclic) bond motifs is 1. The van der Waals surface area contributed by atoms with Crippen LogP contribution in [-0.2, 0) is 17.5 Å². The van der Waals surface area contributed by atoms with Crippen LogP contribution < -0.4 is 24.8 Å². The molecule has 3 aromatic carbocycles. The molecule has 0 saturated heterocycles. The van der Waals surface area contributed by atoms with Crippen molar-refractivity contribution in [1.29, 1.82) is 0 Å². The summed E-state index contributed by atoms with van der Waals surface area (Å²) in [5, 5.41) is 5.33. The predicted octanol–water partition coefficient (Wildman–Crippen LogP) is 4.38. The van der Waals surface area contributed by atoms with Gasteiger partial charge in [-0.15, -0.1) is 0 Å². The molecule has 0 fully saturated rings. The van der Waals surface area contributed by atoms with Crippen molar-refractivity contribution in [1.82, 2.24) is 5.32 Å². The summed E-state index contributed by atoms with van der Waals surface area (Å²) in [6, 6.07) is 15.9. The lowest BCUT2D eigenvalue weighted by molar-refractivity contribution is -0.137. The monoisotopic (exact) mass is 472 g/mol. The Morgan fingerprint density at radius 2 is 1.74 bits per heavy atom. The molecule has 0 aromatic heterocycles. The largest absolute Gasteiger partial charge is 0.484 e. The summed E-state index contributed by atoms with van der Waals surface area (Å²) in [7, 11) is 0. The highest BCUT2D eigenvalue weighted by molar-refractivity contribution is 6.04. The van der Waals surface area contributed by atoms with E-state index >= 15 is 0 Å². The van der Waals surface area contributed by atoms with Crippen LogP contribution in [0.1, 0.15) is 21.5 Å². The lowest BCUT2D eigenvalue weighted by Gasteiger charge is -2.13. The molecular weight excluding hydrogens is 453 g/mol. The number of carbonyl (C=O) groups is 2. The van der Waals surface area contributed by atoms with Crippen molar-refractivity contribution in [3.05, 3.63) is 83.4 Å². The van der Waals surface area contributed by atoms with Crippen molar-refractivity contribution >= 4 is 17.5 Å². The molecule has 2 N–H and O–H groups in total. The number of anilines is 1. The fourth-order valence-corrected chi connectivity index (χ4v) is 3.22. The Kier molecular flexibility index (Phi) is 6.58. The molecule has 0 atom stereocenters. The molecule has 0 aliphatic carbocycles. The molecule has 3 aromatic rings. The molecule has 7 nitrogen and oxygen atoms in total. The van der Waals surface area contributed by atoms with Gasteiger partial charge >= 0.3 is 6.18 Å². The number of hydrogen-bond acceptors (Lipinski definition) is 5. The van der Waals surface area contributed by atoms with E-state index < -0.39 is 30.2 Å². The summed E-state index contributed by atoms with van der Waals surface area (Å²) in [5.74, 6) is 0.0798. The highest BCUT2D eigenvalue weighted by Gasteiger charge is 2.30. The van der Waals surface area contributed by atoms with Gasteiger partial charge in [0, 0.05) is 6.54 Å². The summed E-state index contributed by atoms with van der Waals surface area (Å²) in [6.07, 6.45) is -4.52. The minimum Gasteiger partial charge on any atom is -0.484 e. The Hall–Kier alpha value is -4.21.